The summed E-state index contributed by atoms with van der Waals surface area (Å²) in [6, 6.07) is 2.23. The summed E-state index contributed by atoms with van der Waals surface area (Å²) < 4.78 is 5.22. The first-order valence-corrected chi connectivity index (χ1v) is 8.60. The van der Waals surface area contributed by atoms with E-state index in [9.17, 15) is 4.79 Å². The molecule has 0 spiro atoms. The minimum Gasteiger partial charge on any atom is -0.481 e. The molecular formula is C17H26N4O2. The summed E-state index contributed by atoms with van der Waals surface area (Å²) in [5.74, 6) is 1.66. The zero-order valence-electron chi connectivity index (χ0n) is 14.0. The SMILES string of the molecule is COc1cc(C)nc(N2CCC(C(=O)NC3CCCC3)CC2)n1. The number of carbonyl (C=O) groups is 1. The molecule has 0 bridgehead atoms. The number of methoxy groups -OCH3 is 1. The molecule has 2 heterocycles. The third-order valence-corrected chi connectivity index (χ3v) is 4.88. The number of ether oxygens (including phenoxy) is 1. The van der Waals surface area contributed by atoms with E-state index in [-0.39, 0.29) is 11.8 Å². The fraction of sp³-hybridized carbons (Fsp3) is 0.706. The second-order valence-electron chi connectivity index (χ2n) is 6.60. The van der Waals surface area contributed by atoms with Crippen molar-refractivity contribution in [3.63, 3.8) is 0 Å². The van der Waals surface area contributed by atoms with E-state index in [1.807, 2.05) is 13.0 Å². The van der Waals surface area contributed by atoms with Gasteiger partial charge in [-0.25, -0.2) is 4.98 Å². The van der Waals surface area contributed by atoms with Gasteiger partial charge in [0.25, 0.3) is 0 Å². The Morgan fingerprint density at radius 1 is 1.22 bits per heavy atom. The molecule has 0 aromatic carbocycles. The van der Waals surface area contributed by atoms with Crippen molar-refractivity contribution >= 4 is 11.9 Å². The molecule has 2 fully saturated rings. The number of hydrogen-bond donors (Lipinski definition) is 1. The van der Waals surface area contributed by atoms with Crippen LogP contribution in [0.25, 0.3) is 0 Å². The maximum absolute atomic E-state index is 12.4. The summed E-state index contributed by atoms with van der Waals surface area (Å²) >= 11 is 0. The average Bonchev–Trinajstić information content (AvgIpc) is 3.07. The van der Waals surface area contributed by atoms with Crippen molar-refractivity contribution in [3.05, 3.63) is 11.8 Å². The lowest BCUT2D eigenvalue weighted by Crippen LogP contribution is -2.43. The van der Waals surface area contributed by atoms with Crippen LogP contribution < -0.4 is 15.0 Å². The van der Waals surface area contributed by atoms with Crippen LogP contribution in [0.3, 0.4) is 0 Å². The number of amides is 1. The molecule has 1 aromatic heterocycles. The van der Waals surface area contributed by atoms with Gasteiger partial charge in [-0.1, -0.05) is 12.8 Å². The molecule has 6 heteroatoms. The first-order chi connectivity index (χ1) is 11.2. The number of aryl methyl sites for hydroxylation is 1. The second-order valence-corrected chi connectivity index (χ2v) is 6.60. The minimum absolute atomic E-state index is 0.124. The number of carbonyl (C=O) groups excluding carboxylic acids is 1. The van der Waals surface area contributed by atoms with Crippen molar-refractivity contribution in [2.75, 3.05) is 25.1 Å². The predicted octanol–water partition coefficient (Wildman–Crippen LogP) is 2.07. The zero-order valence-corrected chi connectivity index (χ0v) is 14.0. The highest BCUT2D eigenvalue weighted by Crippen LogP contribution is 2.24. The largest absolute Gasteiger partial charge is 0.481 e. The van der Waals surface area contributed by atoms with Crippen molar-refractivity contribution in [1.29, 1.82) is 0 Å². The van der Waals surface area contributed by atoms with Crippen LogP contribution in [0.5, 0.6) is 5.88 Å². The first-order valence-electron chi connectivity index (χ1n) is 8.60. The molecule has 1 saturated carbocycles. The van der Waals surface area contributed by atoms with Crippen molar-refractivity contribution in [2.24, 2.45) is 5.92 Å². The second kappa shape index (κ2) is 7.15. The monoisotopic (exact) mass is 318 g/mol. The number of aromatic nitrogens is 2. The predicted molar refractivity (Wildman–Crippen MR) is 88.7 cm³/mol. The van der Waals surface area contributed by atoms with Crippen LogP contribution in [0.2, 0.25) is 0 Å². The Morgan fingerprint density at radius 2 is 1.91 bits per heavy atom. The first kappa shape index (κ1) is 16.0. The number of piperidine rings is 1. The van der Waals surface area contributed by atoms with E-state index < -0.39 is 0 Å². The Balaban J connectivity index is 1.55. The van der Waals surface area contributed by atoms with Crippen LogP contribution in [0.4, 0.5) is 5.95 Å². The summed E-state index contributed by atoms with van der Waals surface area (Å²) in [5, 5.41) is 3.22. The maximum Gasteiger partial charge on any atom is 0.228 e. The van der Waals surface area contributed by atoms with Gasteiger partial charge in [-0.2, -0.15) is 4.98 Å². The standard InChI is InChI=1S/C17H26N4O2/c1-12-11-15(23-2)20-17(18-12)21-9-7-13(8-10-21)16(22)19-14-5-3-4-6-14/h11,13-14H,3-10H2,1-2H3,(H,19,22). The molecule has 1 aromatic rings. The molecule has 3 rings (SSSR count). The van der Waals surface area contributed by atoms with E-state index in [1.54, 1.807) is 7.11 Å². The minimum atomic E-state index is 0.124. The summed E-state index contributed by atoms with van der Waals surface area (Å²) in [6.07, 6.45) is 6.49. The highest BCUT2D eigenvalue weighted by atomic mass is 16.5. The van der Waals surface area contributed by atoms with Crippen LogP contribution in [0, 0.1) is 12.8 Å². The summed E-state index contributed by atoms with van der Waals surface area (Å²) in [6.45, 7) is 3.57. The van der Waals surface area contributed by atoms with Gasteiger partial charge in [-0.05, 0) is 32.6 Å². The molecule has 0 unspecified atom stereocenters. The molecule has 23 heavy (non-hydrogen) atoms. The molecule has 1 N–H and O–H groups in total. The smallest absolute Gasteiger partial charge is 0.228 e. The number of nitrogens with one attached hydrogen (secondary N) is 1. The molecule has 0 radical (unpaired) electrons. The lowest BCUT2D eigenvalue weighted by Gasteiger charge is -2.32. The molecule has 1 aliphatic heterocycles. The van der Waals surface area contributed by atoms with Crippen LogP contribution in [-0.4, -0.2) is 42.1 Å². The number of rotatable bonds is 4. The van der Waals surface area contributed by atoms with Crippen molar-refractivity contribution < 1.29 is 9.53 Å². The summed E-state index contributed by atoms with van der Waals surface area (Å²) in [4.78, 5) is 23.4. The Hall–Kier alpha value is -1.85. The summed E-state index contributed by atoms with van der Waals surface area (Å²) in [7, 11) is 1.62. The van der Waals surface area contributed by atoms with Gasteiger partial charge in [0, 0.05) is 36.8 Å². The topological polar surface area (TPSA) is 67.3 Å². The van der Waals surface area contributed by atoms with Gasteiger partial charge in [-0.3, -0.25) is 4.79 Å². The lowest BCUT2D eigenvalue weighted by atomic mass is 9.95. The van der Waals surface area contributed by atoms with Crippen LogP contribution in [0.15, 0.2) is 6.07 Å². The lowest BCUT2D eigenvalue weighted by molar-refractivity contribution is -0.126. The fourth-order valence-corrected chi connectivity index (χ4v) is 3.50. The van der Waals surface area contributed by atoms with Crippen molar-refractivity contribution in [2.45, 2.75) is 51.5 Å². The molecular weight excluding hydrogens is 292 g/mol. The number of anilines is 1. The third-order valence-electron chi connectivity index (χ3n) is 4.88. The zero-order chi connectivity index (χ0) is 16.2. The van der Waals surface area contributed by atoms with E-state index in [1.165, 1.54) is 12.8 Å². The van der Waals surface area contributed by atoms with Gasteiger partial charge in [-0.15, -0.1) is 0 Å². The molecule has 0 atom stereocenters. The Kier molecular flexibility index (Phi) is 4.98. The van der Waals surface area contributed by atoms with E-state index in [0.29, 0.717) is 17.9 Å². The third kappa shape index (κ3) is 3.92. The number of nitrogens with zero attached hydrogens (tertiary/aromatic N) is 3. The van der Waals surface area contributed by atoms with Gasteiger partial charge in [0.2, 0.25) is 17.7 Å². The molecule has 1 aliphatic carbocycles. The average molecular weight is 318 g/mol. The van der Waals surface area contributed by atoms with Gasteiger partial charge < -0.3 is 15.0 Å². The van der Waals surface area contributed by atoms with E-state index >= 15 is 0 Å². The van der Waals surface area contributed by atoms with Gasteiger partial charge in [0.1, 0.15) is 0 Å². The van der Waals surface area contributed by atoms with E-state index in [0.717, 1.165) is 44.5 Å². The molecule has 1 saturated heterocycles. The summed E-state index contributed by atoms with van der Waals surface area (Å²) in [5.41, 5.74) is 0.896. The van der Waals surface area contributed by atoms with Gasteiger partial charge >= 0.3 is 0 Å². The van der Waals surface area contributed by atoms with Crippen LogP contribution in [0.1, 0.15) is 44.2 Å². The van der Waals surface area contributed by atoms with Gasteiger partial charge in [0.05, 0.1) is 7.11 Å². The Bertz CT molecular complexity index is 550. The van der Waals surface area contributed by atoms with Crippen LogP contribution in [-0.2, 0) is 4.79 Å². The normalized spacial score (nSPS) is 19.8. The maximum atomic E-state index is 12.4. The molecule has 126 valence electrons. The molecule has 1 amide bonds. The highest BCUT2D eigenvalue weighted by Gasteiger charge is 2.28. The molecule has 6 nitrogen and oxygen atoms in total. The quantitative estimate of drug-likeness (QED) is 0.920. The van der Waals surface area contributed by atoms with Crippen molar-refractivity contribution in [1.82, 2.24) is 15.3 Å². The van der Waals surface area contributed by atoms with Crippen molar-refractivity contribution in [3.8, 4) is 5.88 Å². The molecule has 2 aliphatic rings. The Labute approximate surface area is 137 Å². The highest BCUT2D eigenvalue weighted by molar-refractivity contribution is 5.79. The van der Waals surface area contributed by atoms with E-state index in [2.05, 4.69) is 20.2 Å². The number of hydrogen-bond acceptors (Lipinski definition) is 5. The van der Waals surface area contributed by atoms with E-state index in [4.69, 9.17) is 4.74 Å². The fourth-order valence-electron chi connectivity index (χ4n) is 3.50. The van der Waals surface area contributed by atoms with Crippen LogP contribution >= 0.6 is 0 Å². The Morgan fingerprint density at radius 3 is 2.57 bits per heavy atom. The van der Waals surface area contributed by atoms with Gasteiger partial charge in [0.15, 0.2) is 0 Å².